The van der Waals surface area contributed by atoms with Crippen molar-refractivity contribution in [3.63, 3.8) is 0 Å². The normalized spacial score (nSPS) is 12.0. The van der Waals surface area contributed by atoms with E-state index in [-0.39, 0.29) is 5.89 Å². The summed E-state index contributed by atoms with van der Waals surface area (Å²) in [4.78, 5) is 0. The summed E-state index contributed by atoms with van der Waals surface area (Å²) in [6.45, 7) is 3.01. The predicted octanol–water partition coefficient (Wildman–Crippen LogP) is 1.27. The molecule has 0 bridgehead atoms. The lowest BCUT2D eigenvalue weighted by atomic mass is 10.7. The third-order valence-electron chi connectivity index (χ3n) is 0.709. The first-order valence-electron chi connectivity index (χ1n) is 2.23. The summed E-state index contributed by atoms with van der Waals surface area (Å²) in [5.74, 6) is -1.70. The second-order valence-corrected chi connectivity index (χ2v) is 1.50. The van der Waals surface area contributed by atoms with Crippen LogP contribution in [-0.2, 0) is 6.18 Å². The molecular weight excluding hydrogens is 149 g/mol. The third-order valence-corrected chi connectivity index (χ3v) is 0.709. The minimum atomic E-state index is -4.57. The first-order chi connectivity index (χ1) is 4.50. The Morgan fingerprint density at radius 2 is 1.90 bits per heavy atom. The van der Waals surface area contributed by atoms with E-state index in [2.05, 4.69) is 21.5 Å². The van der Waals surface area contributed by atoms with Gasteiger partial charge in [-0.1, -0.05) is 0 Å². The summed E-state index contributed by atoms with van der Waals surface area (Å²) < 4.78 is 38.7. The highest BCUT2D eigenvalue weighted by molar-refractivity contribution is 4.87. The van der Waals surface area contributed by atoms with E-state index in [1.165, 1.54) is 0 Å². The van der Waals surface area contributed by atoms with Crippen LogP contribution in [0.1, 0.15) is 11.8 Å². The van der Waals surface area contributed by atoms with E-state index < -0.39 is 12.1 Å². The summed E-state index contributed by atoms with van der Waals surface area (Å²) in [5, 5.41) is 5.62. The Bertz CT molecular complexity index is 229. The first kappa shape index (κ1) is 7.04. The lowest BCUT2D eigenvalue weighted by Gasteiger charge is -1.95. The van der Waals surface area contributed by atoms with Gasteiger partial charge in [0.05, 0.1) is 0 Å². The second-order valence-electron chi connectivity index (χ2n) is 1.50. The number of alkyl halides is 3. The number of halogens is 3. The Morgan fingerprint density at radius 3 is 2.10 bits per heavy atom. The molecule has 0 fully saturated rings. The van der Waals surface area contributed by atoms with Crippen molar-refractivity contribution in [3.05, 3.63) is 18.7 Å². The van der Waals surface area contributed by atoms with E-state index in [1.54, 1.807) is 0 Å². The second kappa shape index (κ2) is 1.96. The largest absolute Gasteiger partial charge is 0.470 e. The van der Waals surface area contributed by atoms with Crippen LogP contribution in [0.15, 0.2) is 4.42 Å². The van der Waals surface area contributed by atoms with Gasteiger partial charge in [-0.2, -0.15) is 13.2 Å². The van der Waals surface area contributed by atoms with Crippen molar-refractivity contribution in [1.82, 2.24) is 10.2 Å². The molecule has 0 saturated carbocycles. The van der Waals surface area contributed by atoms with Gasteiger partial charge in [0.2, 0.25) is 5.89 Å². The van der Waals surface area contributed by atoms with Crippen LogP contribution in [0.3, 0.4) is 0 Å². The average molecular weight is 151 g/mol. The van der Waals surface area contributed by atoms with Crippen molar-refractivity contribution in [2.24, 2.45) is 0 Å². The topological polar surface area (TPSA) is 38.9 Å². The van der Waals surface area contributed by atoms with Crippen LogP contribution in [0.2, 0.25) is 0 Å². The fraction of sp³-hybridized carbons (Fsp3) is 0.250. The standard InChI is InChI=1S/C4H2F3N2O/c1-2-8-9-3(10-2)4(5,6)7/h1H2. The van der Waals surface area contributed by atoms with Gasteiger partial charge in [-0.25, -0.2) is 0 Å². The van der Waals surface area contributed by atoms with Gasteiger partial charge in [0.1, 0.15) is 0 Å². The maximum atomic E-state index is 11.6. The van der Waals surface area contributed by atoms with Crippen LogP contribution in [-0.4, -0.2) is 10.2 Å². The number of rotatable bonds is 0. The zero-order valence-corrected chi connectivity index (χ0v) is 4.64. The molecular formula is C4H2F3N2O. The fourth-order valence-corrected chi connectivity index (χ4v) is 0.368. The molecule has 1 aromatic rings. The van der Waals surface area contributed by atoms with Gasteiger partial charge in [-0.15, -0.1) is 10.2 Å². The molecule has 0 amide bonds. The summed E-state index contributed by atoms with van der Waals surface area (Å²) in [5.41, 5.74) is 0. The fourth-order valence-electron chi connectivity index (χ4n) is 0.368. The minimum absolute atomic E-state index is 0.340. The zero-order chi connectivity index (χ0) is 7.78. The van der Waals surface area contributed by atoms with Crippen molar-refractivity contribution in [1.29, 1.82) is 0 Å². The molecule has 0 saturated heterocycles. The Balaban J connectivity index is 2.96. The number of hydrogen-bond acceptors (Lipinski definition) is 3. The predicted molar refractivity (Wildman–Crippen MR) is 23.8 cm³/mol. The molecule has 0 unspecified atom stereocenters. The molecule has 0 atom stereocenters. The van der Waals surface area contributed by atoms with Gasteiger partial charge in [0, 0.05) is 6.92 Å². The van der Waals surface area contributed by atoms with Gasteiger partial charge in [0.25, 0.3) is 0 Å². The summed E-state index contributed by atoms with van der Waals surface area (Å²) in [7, 11) is 0. The lowest BCUT2D eigenvalue weighted by molar-refractivity contribution is -0.157. The van der Waals surface area contributed by atoms with Crippen molar-refractivity contribution in [2.75, 3.05) is 0 Å². The van der Waals surface area contributed by atoms with Gasteiger partial charge < -0.3 is 4.42 Å². The molecule has 0 aliphatic rings. The SMILES string of the molecule is [CH2]c1nnc(C(F)(F)F)o1. The monoisotopic (exact) mass is 151 g/mol. The van der Waals surface area contributed by atoms with E-state index in [0.29, 0.717) is 0 Å². The average Bonchev–Trinajstić information content (AvgIpc) is 2.11. The van der Waals surface area contributed by atoms with Crippen LogP contribution >= 0.6 is 0 Å². The third kappa shape index (κ3) is 1.26. The smallest absolute Gasteiger partial charge is 0.417 e. The van der Waals surface area contributed by atoms with E-state index in [0.717, 1.165) is 0 Å². The van der Waals surface area contributed by atoms with Gasteiger partial charge in [-0.05, 0) is 0 Å². The van der Waals surface area contributed by atoms with Crippen molar-refractivity contribution in [2.45, 2.75) is 6.18 Å². The first-order valence-corrected chi connectivity index (χ1v) is 2.23. The number of aromatic nitrogens is 2. The van der Waals surface area contributed by atoms with Crippen LogP contribution in [0, 0.1) is 6.92 Å². The molecule has 3 nitrogen and oxygen atoms in total. The van der Waals surface area contributed by atoms with Crippen LogP contribution in [0.25, 0.3) is 0 Å². The van der Waals surface area contributed by atoms with Crippen LogP contribution in [0.5, 0.6) is 0 Å². The van der Waals surface area contributed by atoms with E-state index >= 15 is 0 Å². The Labute approximate surface area is 53.9 Å². The Morgan fingerprint density at radius 1 is 1.30 bits per heavy atom. The Hall–Kier alpha value is -1.07. The van der Waals surface area contributed by atoms with E-state index in [4.69, 9.17) is 0 Å². The molecule has 6 heteroatoms. The molecule has 0 aliphatic heterocycles. The van der Waals surface area contributed by atoms with E-state index in [9.17, 15) is 13.2 Å². The van der Waals surface area contributed by atoms with Gasteiger partial charge in [-0.3, -0.25) is 0 Å². The molecule has 1 rings (SSSR count). The quantitative estimate of drug-likeness (QED) is 0.560. The maximum absolute atomic E-state index is 11.6. The molecule has 10 heavy (non-hydrogen) atoms. The minimum Gasteiger partial charge on any atom is -0.417 e. The highest BCUT2D eigenvalue weighted by Gasteiger charge is 2.37. The molecule has 0 aliphatic carbocycles. The molecule has 0 N–H and O–H groups in total. The molecule has 0 aromatic carbocycles. The Kier molecular flexibility index (Phi) is 1.38. The molecule has 1 heterocycles. The molecule has 55 valence electrons. The maximum Gasteiger partial charge on any atom is 0.470 e. The van der Waals surface area contributed by atoms with Crippen molar-refractivity contribution >= 4 is 0 Å². The molecule has 1 aromatic heterocycles. The highest BCUT2D eigenvalue weighted by atomic mass is 19.4. The van der Waals surface area contributed by atoms with Gasteiger partial charge >= 0.3 is 12.1 Å². The number of hydrogen-bond donors (Lipinski definition) is 0. The molecule has 0 spiro atoms. The summed E-state index contributed by atoms with van der Waals surface area (Å²) >= 11 is 0. The zero-order valence-electron chi connectivity index (χ0n) is 4.64. The van der Waals surface area contributed by atoms with E-state index in [1.807, 2.05) is 0 Å². The molecule has 1 radical (unpaired) electrons. The number of nitrogens with zero attached hydrogens (tertiary/aromatic N) is 2. The van der Waals surface area contributed by atoms with Crippen LogP contribution < -0.4 is 0 Å². The van der Waals surface area contributed by atoms with Crippen LogP contribution in [0.4, 0.5) is 13.2 Å². The lowest BCUT2D eigenvalue weighted by Crippen LogP contribution is -2.04. The van der Waals surface area contributed by atoms with Crippen molar-refractivity contribution < 1.29 is 17.6 Å². The summed E-state index contributed by atoms with van der Waals surface area (Å²) in [6, 6.07) is 0. The highest BCUT2D eigenvalue weighted by Crippen LogP contribution is 2.27. The summed E-state index contributed by atoms with van der Waals surface area (Å²) in [6.07, 6.45) is -4.57. The van der Waals surface area contributed by atoms with Crippen molar-refractivity contribution in [3.8, 4) is 0 Å². The van der Waals surface area contributed by atoms with Gasteiger partial charge in [0.15, 0.2) is 0 Å².